The van der Waals surface area contributed by atoms with Gasteiger partial charge in [-0.15, -0.1) is 0 Å². The Balaban J connectivity index is 0. The molecule has 47 heavy (non-hydrogen) atoms. The maximum Gasteiger partial charge on any atom is 0.348 e. The van der Waals surface area contributed by atoms with Crippen molar-refractivity contribution in [2.75, 3.05) is 13.2 Å². The lowest BCUT2D eigenvalue weighted by molar-refractivity contribution is -0.140. The Morgan fingerprint density at radius 3 is 1.53 bits per heavy atom. The van der Waals surface area contributed by atoms with E-state index in [-0.39, 0.29) is 11.1 Å². The summed E-state index contributed by atoms with van der Waals surface area (Å²) in [4.78, 5) is 23.9. The summed E-state index contributed by atoms with van der Waals surface area (Å²) in [5, 5.41) is 18.2. The lowest BCUT2D eigenvalue weighted by Gasteiger charge is -2.14. The van der Waals surface area contributed by atoms with Gasteiger partial charge in [-0.2, -0.15) is 10.5 Å². The molecule has 0 aliphatic heterocycles. The molecule has 3 atom stereocenters. The van der Waals surface area contributed by atoms with E-state index in [0.717, 1.165) is 64.2 Å². The molecule has 0 radical (unpaired) electrons. The second-order valence-electron chi connectivity index (χ2n) is 11.9. The number of rotatable bonds is 23. The average Bonchev–Trinajstić information content (AvgIpc) is 3.09. The molecular weight excluding hydrogens is 584 g/mol. The Morgan fingerprint density at radius 1 is 0.638 bits per heavy atom. The highest BCUT2D eigenvalue weighted by Crippen LogP contribution is 2.18. The van der Waals surface area contributed by atoms with E-state index in [1.165, 1.54) is 38.2 Å². The number of allylic oxidation sites excluding steroid dienone is 6. The van der Waals surface area contributed by atoms with Crippen molar-refractivity contribution in [3.8, 4) is 24.0 Å². The van der Waals surface area contributed by atoms with Crippen LogP contribution in [0.5, 0.6) is 0 Å². The Morgan fingerprint density at radius 2 is 1.11 bits per heavy atom. The van der Waals surface area contributed by atoms with E-state index in [2.05, 4.69) is 59.5 Å². The zero-order chi connectivity index (χ0) is 35.5. The standard InChI is InChI=1S/C23H39NO2.C18H25NO2/c1-5-9-11-15-20(7-3)16-12-13-17-22(18-24)23(25)26-19-21(8-4)14-10-6-2;1-4-7-9-10-11-13-17(14-19)18(20)21-15-16(6-3)12-8-5-2/h12-13,17,20-21H,5-11,14-16,19H2,1-4H3;10-11,13,16H,4-6,8,12,15H2,1-3H3/b13-12+,22-17-;11-10+,17-13-. The molecule has 0 saturated carbocycles. The first kappa shape index (κ1) is 45.6. The van der Waals surface area contributed by atoms with Crippen molar-refractivity contribution in [1.29, 1.82) is 10.5 Å². The first-order valence-corrected chi connectivity index (χ1v) is 18.2. The van der Waals surface area contributed by atoms with Crippen LogP contribution in [0.15, 0.2) is 47.6 Å². The number of ether oxygens (including phenoxy) is 2. The van der Waals surface area contributed by atoms with Crippen molar-refractivity contribution >= 4 is 11.9 Å². The quantitative estimate of drug-likeness (QED) is 0.0273. The fourth-order valence-electron chi connectivity index (χ4n) is 4.60. The lowest BCUT2D eigenvalue weighted by Crippen LogP contribution is -2.14. The molecule has 0 amide bonds. The van der Waals surface area contributed by atoms with Gasteiger partial charge in [0.2, 0.25) is 0 Å². The summed E-state index contributed by atoms with van der Waals surface area (Å²) in [7, 11) is 0. The smallest absolute Gasteiger partial charge is 0.348 e. The van der Waals surface area contributed by atoms with Gasteiger partial charge in [-0.1, -0.05) is 149 Å². The van der Waals surface area contributed by atoms with Crippen molar-refractivity contribution in [3.05, 3.63) is 47.6 Å². The number of hydrogen-bond acceptors (Lipinski definition) is 6. The van der Waals surface area contributed by atoms with Crippen molar-refractivity contribution in [2.45, 2.75) is 145 Å². The van der Waals surface area contributed by atoms with Gasteiger partial charge in [0.05, 0.1) is 13.2 Å². The summed E-state index contributed by atoms with van der Waals surface area (Å²) >= 11 is 0. The first-order chi connectivity index (χ1) is 22.8. The van der Waals surface area contributed by atoms with E-state index in [1.807, 2.05) is 25.1 Å². The van der Waals surface area contributed by atoms with Crippen molar-refractivity contribution in [1.82, 2.24) is 0 Å². The summed E-state index contributed by atoms with van der Waals surface area (Å²) in [6.07, 6.45) is 26.8. The highest BCUT2D eigenvalue weighted by Gasteiger charge is 2.14. The predicted octanol–water partition coefficient (Wildman–Crippen LogP) is 10.9. The molecule has 0 aliphatic carbocycles. The third-order valence-electron chi connectivity index (χ3n) is 8.05. The number of nitriles is 2. The van der Waals surface area contributed by atoms with Crippen LogP contribution >= 0.6 is 0 Å². The predicted molar refractivity (Wildman–Crippen MR) is 195 cm³/mol. The van der Waals surface area contributed by atoms with E-state index in [1.54, 1.807) is 18.2 Å². The molecule has 0 N–H and O–H groups in total. The lowest BCUT2D eigenvalue weighted by atomic mass is 9.95. The van der Waals surface area contributed by atoms with Gasteiger partial charge in [0.25, 0.3) is 0 Å². The van der Waals surface area contributed by atoms with E-state index in [4.69, 9.17) is 14.7 Å². The van der Waals surface area contributed by atoms with Crippen LogP contribution in [-0.2, 0) is 19.1 Å². The van der Waals surface area contributed by atoms with Crippen LogP contribution < -0.4 is 0 Å². The Hall–Kier alpha value is -3.56. The van der Waals surface area contributed by atoms with Gasteiger partial charge in [0.15, 0.2) is 0 Å². The zero-order valence-corrected chi connectivity index (χ0v) is 30.7. The molecule has 0 spiro atoms. The second kappa shape index (κ2) is 33.8. The number of esters is 2. The largest absolute Gasteiger partial charge is 0.461 e. The molecule has 3 unspecified atom stereocenters. The third kappa shape index (κ3) is 26.2. The van der Waals surface area contributed by atoms with Crippen molar-refractivity contribution in [2.24, 2.45) is 17.8 Å². The summed E-state index contributed by atoms with van der Waals surface area (Å²) in [6, 6.07) is 3.83. The maximum atomic E-state index is 12.1. The molecule has 0 bridgehead atoms. The topological polar surface area (TPSA) is 100 Å². The highest BCUT2D eigenvalue weighted by atomic mass is 16.5. The van der Waals surface area contributed by atoms with Crippen molar-refractivity contribution < 1.29 is 19.1 Å². The van der Waals surface area contributed by atoms with Crippen LogP contribution in [0.2, 0.25) is 0 Å². The van der Waals surface area contributed by atoms with Gasteiger partial charge < -0.3 is 9.47 Å². The SMILES string of the molecule is CCC#C/C=C/C=C(/C#N)C(=O)OCC(CC)CCCC.CCCCCC(CC)C/C=C/C=C(/C#N)C(=O)OCC(CC)CCCC. The van der Waals surface area contributed by atoms with Crippen LogP contribution in [0, 0.1) is 52.3 Å². The Labute approximate surface area is 288 Å². The number of carbonyl (C=O) groups is 2. The monoisotopic (exact) mass is 648 g/mol. The number of nitrogens with zero attached hydrogens (tertiary/aromatic N) is 2. The van der Waals surface area contributed by atoms with Gasteiger partial charge in [-0.05, 0) is 55.2 Å². The van der Waals surface area contributed by atoms with E-state index >= 15 is 0 Å². The molecule has 6 nitrogen and oxygen atoms in total. The molecule has 0 aromatic carbocycles. The van der Waals surface area contributed by atoms with Gasteiger partial charge in [-0.3, -0.25) is 0 Å². The van der Waals surface area contributed by atoms with Gasteiger partial charge >= 0.3 is 11.9 Å². The molecule has 0 saturated heterocycles. The second-order valence-corrected chi connectivity index (χ2v) is 11.9. The minimum absolute atomic E-state index is 0.00916. The van der Waals surface area contributed by atoms with Gasteiger partial charge in [0.1, 0.15) is 23.3 Å². The van der Waals surface area contributed by atoms with E-state index in [0.29, 0.717) is 31.0 Å². The molecule has 262 valence electrons. The van der Waals surface area contributed by atoms with Gasteiger partial charge in [0, 0.05) is 6.42 Å². The summed E-state index contributed by atoms with van der Waals surface area (Å²) < 4.78 is 10.6. The fraction of sp³-hybridized carbons (Fsp3) is 0.659. The Kier molecular flexibility index (Phi) is 32.8. The molecule has 0 aromatic rings. The summed E-state index contributed by atoms with van der Waals surface area (Å²) in [5.41, 5.74) is 0.0977. The van der Waals surface area contributed by atoms with Crippen LogP contribution in [0.1, 0.15) is 145 Å². The van der Waals surface area contributed by atoms with E-state index < -0.39 is 11.9 Å². The Bertz CT molecular complexity index is 1090. The summed E-state index contributed by atoms with van der Waals surface area (Å²) in [5.74, 6) is 6.07. The third-order valence-corrected chi connectivity index (χ3v) is 8.05. The fourth-order valence-corrected chi connectivity index (χ4v) is 4.60. The van der Waals surface area contributed by atoms with Crippen LogP contribution in [0.25, 0.3) is 0 Å². The van der Waals surface area contributed by atoms with Crippen LogP contribution in [-0.4, -0.2) is 25.2 Å². The first-order valence-electron chi connectivity index (χ1n) is 18.2. The molecule has 0 heterocycles. The van der Waals surface area contributed by atoms with Crippen molar-refractivity contribution in [3.63, 3.8) is 0 Å². The molecule has 0 fully saturated rings. The zero-order valence-electron chi connectivity index (χ0n) is 30.7. The highest BCUT2D eigenvalue weighted by molar-refractivity contribution is 5.93. The molecular formula is C41H64N2O4. The minimum Gasteiger partial charge on any atom is -0.461 e. The molecule has 0 aliphatic rings. The minimum atomic E-state index is -0.555. The molecule has 0 rings (SSSR count). The van der Waals surface area contributed by atoms with E-state index in [9.17, 15) is 14.9 Å². The normalized spacial score (nSPS) is 13.4. The molecule has 0 aromatic heterocycles. The number of hydrogen-bond donors (Lipinski definition) is 0. The number of carbonyl (C=O) groups excluding carboxylic acids is 2. The van der Waals surface area contributed by atoms with Gasteiger partial charge in [-0.25, -0.2) is 9.59 Å². The van der Waals surface area contributed by atoms with Crippen LogP contribution in [0.4, 0.5) is 0 Å². The van der Waals surface area contributed by atoms with Crippen LogP contribution in [0.3, 0.4) is 0 Å². The summed E-state index contributed by atoms with van der Waals surface area (Å²) in [6.45, 7) is 15.7. The molecule has 6 heteroatoms. The maximum absolute atomic E-state index is 12.1. The number of unbranched alkanes of at least 4 members (excludes halogenated alkanes) is 4. The average molecular weight is 649 g/mol.